The van der Waals surface area contributed by atoms with E-state index in [4.69, 9.17) is 11.6 Å². The molecule has 0 bridgehead atoms. The summed E-state index contributed by atoms with van der Waals surface area (Å²) in [4.78, 5) is 14.4. The summed E-state index contributed by atoms with van der Waals surface area (Å²) in [5.41, 5.74) is -0.991. The standard InChI is InChI=1S/C14H20ClN3O3/c1-2-10-3-5-14(19,6-4-10)9-17-13-12(18(20)21)7-11(15)8-16-13/h7-8,10,19H,2-6,9H2,1H3,(H,16,17). The van der Waals surface area contributed by atoms with Gasteiger partial charge in [-0.3, -0.25) is 10.1 Å². The third-order valence-electron chi connectivity index (χ3n) is 4.23. The van der Waals surface area contributed by atoms with E-state index in [0.29, 0.717) is 18.8 Å². The van der Waals surface area contributed by atoms with Crippen LogP contribution >= 0.6 is 11.6 Å². The van der Waals surface area contributed by atoms with Crippen molar-refractivity contribution in [3.8, 4) is 0 Å². The minimum atomic E-state index is -0.819. The van der Waals surface area contributed by atoms with E-state index in [-0.39, 0.29) is 23.1 Å². The van der Waals surface area contributed by atoms with Gasteiger partial charge in [0.1, 0.15) is 0 Å². The summed E-state index contributed by atoms with van der Waals surface area (Å²) in [5, 5.41) is 24.7. The van der Waals surface area contributed by atoms with E-state index in [1.54, 1.807) is 0 Å². The van der Waals surface area contributed by atoms with Gasteiger partial charge in [-0.1, -0.05) is 24.9 Å². The highest BCUT2D eigenvalue weighted by atomic mass is 35.5. The lowest BCUT2D eigenvalue weighted by atomic mass is 9.78. The molecule has 6 nitrogen and oxygen atoms in total. The summed E-state index contributed by atoms with van der Waals surface area (Å²) >= 11 is 5.73. The van der Waals surface area contributed by atoms with E-state index in [9.17, 15) is 15.2 Å². The lowest BCUT2D eigenvalue weighted by Crippen LogP contribution is -2.40. The Kier molecular flexibility index (Phi) is 5.00. The number of hydrogen-bond donors (Lipinski definition) is 2. The molecular formula is C14H20ClN3O3. The van der Waals surface area contributed by atoms with Gasteiger partial charge in [0, 0.05) is 18.8 Å². The Morgan fingerprint density at radius 1 is 1.57 bits per heavy atom. The molecule has 0 radical (unpaired) electrons. The van der Waals surface area contributed by atoms with Gasteiger partial charge in [0.15, 0.2) is 0 Å². The van der Waals surface area contributed by atoms with Crippen LogP contribution in [-0.4, -0.2) is 27.2 Å². The highest BCUT2D eigenvalue weighted by Gasteiger charge is 2.33. The Labute approximate surface area is 128 Å². The molecule has 1 fully saturated rings. The van der Waals surface area contributed by atoms with Crippen molar-refractivity contribution in [3.63, 3.8) is 0 Å². The number of aromatic nitrogens is 1. The van der Waals surface area contributed by atoms with Crippen LogP contribution in [0.25, 0.3) is 0 Å². The average molecular weight is 314 g/mol. The van der Waals surface area contributed by atoms with E-state index in [2.05, 4.69) is 17.2 Å². The van der Waals surface area contributed by atoms with Crippen LogP contribution in [0.3, 0.4) is 0 Å². The maximum atomic E-state index is 11.0. The molecule has 0 aliphatic heterocycles. The van der Waals surface area contributed by atoms with Gasteiger partial charge in [0.05, 0.1) is 15.5 Å². The van der Waals surface area contributed by atoms with Gasteiger partial charge in [0.25, 0.3) is 0 Å². The number of hydrogen-bond acceptors (Lipinski definition) is 5. The molecule has 1 aliphatic carbocycles. The zero-order valence-corrected chi connectivity index (χ0v) is 12.8. The predicted octanol–water partition coefficient (Wildman–Crippen LogP) is 3.39. The number of nitro groups is 1. The minimum Gasteiger partial charge on any atom is -0.388 e. The maximum Gasteiger partial charge on any atom is 0.312 e. The number of halogens is 1. The minimum absolute atomic E-state index is 0.149. The Bertz CT molecular complexity index is 516. The molecule has 1 aliphatic rings. The van der Waals surface area contributed by atoms with E-state index >= 15 is 0 Å². The van der Waals surface area contributed by atoms with Crippen LogP contribution in [0.5, 0.6) is 0 Å². The fraction of sp³-hybridized carbons (Fsp3) is 0.643. The quantitative estimate of drug-likeness (QED) is 0.642. The van der Waals surface area contributed by atoms with Crippen LogP contribution in [0.15, 0.2) is 12.3 Å². The first-order chi connectivity index (χ1) is 9.93. The first-order valence-corrected chi connectivity index (χ1v) is 7.57. The fourth-order valence-corrected chi connectivity index (χ4v) is 2.90. The van der Waals surface area contributed by atoms with Gasteiger partial charge in [-0.2, -0.15) is 0 Å². The highest BCUT2D eigenvalue weighted by molar-refractivity contribution is 6.30. The molecule has 2 rings (SSSR count). The summed E-state index contributed by atoms with van der Waals surface area (Å²) in [6.45, 7) is 2.42. The highest BCUT2D eigenvalue weighted by Crippen LogP contribution is 2.34. The molecule has 2 N–H and O–H groups in total. The lowest BCUT2D eigenvalue weighted by Gasteiger charge is -2.35. The topological polar surface area (TPSA) is 88.3 Å². The van der Waals surface area contributed by atoms with E-state index in [0.717, 1.165) is 19.3 Å². The summed E-state index contributed by atoms with van der Waals surface area (Å²) in [7, 11) is 0. The second-order valence-electron chi connectivity index (χ2n) is 5.71. The molecule has 1 heterocycles. The van der Waals surface area contributed by atoms with Gasteiger partial charge in [-0.25, -0.2) is 4.98 Å². The molecule has 1 aromatic heterocycles. The molecule has 0 saturated heterocycles. The number of anilines is 1. The largest absolute Gasteiger partial charge is 0.388 e. The van der Waals surface area contributed by atoms with Crippen LogP contribution in [0.1, 0.15) is 39.0 Å². The molecule has 7 heteroatoms. The molecule has 0 atom stereocenters. The van der Waals surface area contributed by atoms with Crippen molar-refractivity contribution in [2.45, 2.75) is 44.6 Å². The number of nitrogens with one attached hydrogen (secondary N) is 1. The predicted molar refractivity (Wildman–Crippen MR) is 81.6 cm³/mol. The van der Waals surface area contributed by atoms with Crippen LogP contribution in [-0.2, 0) is 0 Å². The van der Waals surface area contributed by atoms with Crippen molar-refractivity contribution in [3.05, 3.63) is 27.4 Å². The van der Waals surface area contributed by atoms with Crippen molar-refractivity contribution in [2.75, 3.05) is 11.9 Å². The average Bonchev–Trinajstić information content (AvgIpc) is 2.47. The van der Waals surface area contributed by atoms with Gasteiger partial charge < -0.3 is 10.4 Å². The molecule has 1 saturated carbocycles. The first-order valence-electron chi connectivity index (χ1n) is 7.20. The van der Waals surface area contributed by atoms with Crippen molar-refractivity contribution in [1.82, 2.24) is 4.98 Å². The fourth-order valence-electron chi connectivity index (χ4n) is 2.75. The zero-order valence-electron chi connectivity index (χ0n) is 12.0. The summed E-state index contributed by atoms with van der Waals surface area (Å²) in [5.74, 6) is 0.823. The Morgan fingerprint density at radius 2 is 2.24 bits per heavy atom. The summed E-state index contributed by atoms with van der Waals surface area (Å²) in [6.07, 6.45) is 5.89. The zero-order chi connectivity index (χ0) is 15.5. The molecule has 0 spiro atoms. The SMILES string of the molecule is CCC1CCC(O)(CNc2ncc(Cl)cc2[N+](=O)[O-])CC1. The van der Waals surface area contributed by atoms with Gasteiger partial charge >= 0.3 is 5.69 Å². The van der Waals surface area contributed by atoms with E-state index < -0.39 is 10.5 Å². The van der Waals surface area contributed by atoms with Crippen molar-refractivity contribution in [2.24, 2.45) is 5.92 Å². The molecule has 21 heavy (non-hydrogen) atoms. The Balaban J connectivity index is 2.01. The molecule has 1 aromatic rings. The molecule has 0 aromatic carbocycles. The monoisotopic (exact) mass is 313 g/mol. The van der Waals surface area contributed by atoms with Gasteiger partial charge in [0.2, 0.25) is 5.82 Å². The van der Waals surface area contributed by atoms with E-state index in [1.165, 1.54) is 12.3 Å². The van der Waals surface area contributed by atoms with Crippen LogP contribution in [0.2, 0.25) is 5.02 Å². The number of nitrogens with zero attached hydrogens (tertiary/aromatic N) is 2. The summed E-state index contributed by atoms with van der Waals surface area (Å²) in [6, 6.07) is 1.26. The smallest absolute Gasteiger partial charge is 0.312 e. The second kappa shape index (κ2) is 6.58. The van der Waals surface area contributed by atoms with Gasteiger partial charge in [-0.15, -0.1) is 0 Å². The third-order valence-corrected chi connectivity index (χ3v) is 4.44. The van der Waals surface area contributed by atoms with E-state index in [1.807, 2.05) is 0 Å². The van der Waals surface area contributed by atoms with Gasteiger partial charge in [-0.05, 0) is 31.6 Å². The maximum absolute atomic E-state index is 11.0. The normalized spacial score (nSPS) is 25.6. The molecule has 116 valence electrons. The third kappa shape index (κ3) is 4.04. The van der Waals surface area contributed by atoms with Crippen LogP contribution < -0.4 is 5.32 Å². The summed E-state index contributed by atoms with van der Waals surface area (Å²) < 4.78 is 0. The second-order valence-corrected chi connectivity index (χ2v) is 6.14. The number of aliphatic hydroxyl groups is 1. The van der Waals surface area contributed by atoms with Crippen molar-refractivity contribution < 1.29 is 10.0 Å². The molecule has 0 unspecified atom stereocenters. The van der Waals surface area contributed by atoms with Crippen molar-refractivity contribution in [1.29, 1.82) is 0 Å². The van der Waals surface area contributed by atoms with Crippen LogP contribution in [0.4, 0.5) is 11.5 Å². The van der Waals surface area contributed by atoms with Crippen molar-refractivity contribution >= 4 is 23.1 Å². The first kappa shape index (κ1) is 16.0. The Hall–Kier alpha value is -1.40. The molecular weight excluding hydrogens is 294 g/mol. The number of rotatable bonds is 5. The van der Waals surface area contributed by atoms with Crippen LogP contribution in [0, 0.1) is 16.0 Å². The lowest BCUT2D eigenvalue weighted by molar-refractivity contribution is -0.384. The molecule has 0 amide bonds. The Morgan fingerprint density at radius 3 is 2.81 bits per heavy atom. The number of pyridine rings is 1.